The van der Waals surface area contributed by atoms with E-state index in [-0.39, 0.29) is 5.91 Å². The predicted molar refractivity (Wildman–Crippen MR) is 71.0 cm³/mol. The molecule has 18 heavy (non-hydrogen) atoms. The molecule has 0 aliphatic heterocycles. The number of tetrazole rings is 1. The van der Waals surface area contributed by atoms with Gasteiger partial charge in [0.05, 0.1) is 10.3 Å². The zero-order chi connectivity index (χ0) is 12.8. The van der Waals surface area contributed by atoms with E-state index >= 15 is 0 Å². The van der Waals surface area contributed by atoms with Crippen LogP contribution in [0.1, 0.15) is 23.5 Å². The number of aryl methyl sites for hydroxylation is 1. The van der Waals surface area contributed by atoms with Crippen LogP contribution in [-0.2, 0) is 17.8 Å². The Labute approximate surface area is 116 Å². The number of carbonyl (C=O) groups excluding carboxylic acids is 1. The van der Waals surface area contributed by atoms with E-state index in [4.69, 9.17) is 0 Å². The molecule has 1 amide bonds. The molecule has 0 saturated carbocycles. The van der Waals surface area contributed by atoms with E-state index in [9.17, 15) is 4.79 Å². The molecule has 0 spiro atoms. The lowest BCUT2D eigenvalue weighted by atomic mass is 10.2. The SMILES string of the molecule is O=C(CCCc1ccc(Br)s1)NCc1nn[nH]n1. The highest BCUT2D eigenvalue weighted by molar-refractivity contribution is 9.11. The van der Waals surface area contributed by atoms with E-state index in [0.29, 0.717) is 18.8 Å². The van der Waals surface area contributed by atoms with Gasteiger partial charge in [0, 0.05) is 11.3 Å². The van der Waals surface area contributed by atoms with Crippen molar-refractivity contribution in [2.45, 2.75) is 25.8 Å². The fourth-order valence-corrected chi connectivity index (χ4v) is 2.96. The van der Waals surface area contributed by atoms with Crippen LogP contribution in [0.2, 0.25) is 0 Å². The molecule has 2 heterocycles. The summed E-state index contributed by atoms with van der Waals surface area (Å²) in [5, 5.41) is 16.0. The Bertz CT molecular complexity index is 498. The molecule has 0 radical (unpaired) electrons. The molecule has 2 aromatic heterocycles. The molecular weight excluding hydrogens is 318 g/mol. The van der Waals surface area contributed by atoms with Crippen molar-refractivity contribution < 1.29 is 4.79 Å². The second-order valence-corrected chi connectivity index (χ2v) is 6.21. The average Bonchev–Trinajstić information content (AvgIpc) is 2.98. The summed E-state index contributed by atoms with van der Waals surface area (Å²) >= 11 is 5.12. The molecule has 0 saturated heterocycles. The smallest absolute Gasteiger partial charge is 0.220 e. The van der Waals surface area contributed by atoms with E-state index in [2.05, 4.69) is 47.9 Å². The van der Waals surface area contributed by atoms with Gasteiger partial charge < -0.3 is 5.32 Å². The quantitative estimate of drug-likeness (QED) is 0.844. The third kappa shape index (κ3) is 4.19. The number of thiophene rings is 1. The minimum absolute atomic E-state index is 0.00965. The molecule has 0 atom stereocenters. The number of aromatic amines is 1. The molecule has 96 valence electrons. The van der Waals surface area contributed by atoms with Crippen molar-refractivity contribution >= 4 is 33.2 Å². The fraction of sp³-hybridized carbons (Fsp3) is 0.400. The Morgan fingerprint density at radius 2 is 2.39 bits per heavy atom. The van der Waals surface area contributed by atoms with Crippen molar-refractivity contribution in [2.75, 3.05) is 0 Å². The van der Waals surface area contributed by atoms with Crippen LogP contribution < -0.4 is 5.32 Å². The Morgan fingerprint density at radius 3 is 3.06 bits per heavy atom. The van der Waals surface area contributed by atoms with Crippen LogP contribution in [0.15, 0.2) is 15.9 Å². The van der Waals surface area contributed by atoms with Gasteiger partial charge in [-0.3, -0.25) is 4.79 Å². The fourth-order valence-electron chi connectivity index (χ4n) is 1.43. The minimum atomic E-state index is 0.00965. The van der Waals surface area contributed by atoms with Crippen molar-refractivity contribution in [3.8, 4) is 0 Å². The maximum atomic E-state index is 11.5. The van der Waals surface area contributed by atoms with Gasteiger partial charge in [0.15, 0.2) is 5.82 Å². The molecule has 2 N–H and O–H groups in total. The molecular formula is C10H12BrN5OS. The lowest BCUT2D eigenvalue weighted by Crippen LogP contribution is -2.23. The number of halogens is 1. The van der Waals surface area contributed by atoms with Crippen LogP contribution in [0.3, 0.4) is 0 Å². The van der Waals surface area contributed by atoms with Gasteiger partial charge in [-0.05, 0) is 40.9 Å². The van der Waals surface area contributed by atoms with E-state index in [0.717, 1.165) is 16.6 Å². The van der Waals surface area contributed by atoms with Crippen molar-refractivity contribution in [2.24, 2.45) is 0 Å². The van der Waals surface area contributed by atoms with Gasteiger partial charge in [0.25, 0.3) is 0 Å². The lowest BCUT2D eigenvalue weighted by Gasteiger charge is -2.01. The number of nitrogens with one attached hydrogen (secondary N) is 2. The predicted octanol–water partition coefficient (Wildman–Crippen LogP) is 1.66. The highest BCUT2D eigenvalue weighted by Gasteiger charge is 2.04. The van der Waals surface area contributed by atoms with Gasteiger partial charge in [-0.15, -0.1) is 21.5 Å². The average molecular weight is 330 g/mol. The number of hydrogen-bond acceptors (Lipinski definition) is 5. The summed E-state index contributed by atoms with van der Waals surface area (Å²) in [6.45, 7) is 0.319. The molecule has 2 aromatic rings. The molecule has 6 nitrogen and oxygen atoms in total. The van der Waals surface area contributed by atoms with Gasteiger partial charge in [0.1, 0.15) is 0 Å². The zero-order valence-corrected chi connectivity index (χ0v) is 11.9. The largest absolute Gasteiger partial charge is 0.349 e. The molecule has 2 rings (SSSR count). The number of rotatable bonds is 6. The molecule has 8 heteroatoms. The first-order valence-electron chi connectivity index (χ1n) is 5.47. The number of H-pyrrole nitrogens is 1. The monoisotopic (exact) mass is 329 g/mol. The van der Waals surface area contributed by atoms with Crippen LogP contribution in [0.5, 0.6) is 0 Å². The van der Waals surface area contributed by atoms with E-state index in [1.807, 2.05) is 6.07 Å². The van der Waals surface area contributed by atoms with Crippen LogP contribution in [0.4, 0.5) is 0 Å². The number of aromatic nitrogens is 4. The van der Waals surface area contributed by atoms with E-state index in [1.54, 1.807) is 11.3 Å². The lowest BCUT2D eigenvalue weighted by molar-refractivity contribution is -0.121. The van der Waals surface area contributed by atoms with Crippen LogP contribution >= 0.6 is 27.3 Å². The third-order valence-electron chi connectivity index (χ3n) is 2.29. The molecule has 0 aliphatic carbocycles. The number of carbonyl (C=O) groups is 1. The highest BCUT2D eigenvalue weighted by Crippen LogP contribution is 2.23. The zero-order valence-electron chi connectivity index (χ0n) is 9.52. The summed E-state index contributed by atoms with van der Waals surface area (Å²) in [7, 11) is 0. The number of hydrogen-bond donors (Lipinski definition) is 2. The van der Waals surface area contributed by atoms with Crippen LogP contribution in [0, 0.1) is 0 Å². The van der Waals surface area contributed by atoms with Crippen LogP contribution in [0.25, 0.3) is 0 Å². The number of nitrogens with zero attached hydrogens (tertiary/aromatic N) is 3. The summed E-state index contributed by atoms with van der Waals surface area (Å²) in [5.41, 5.74) is 0. The Kier molecular flexibility index (Phi) is 4.82. The summed E-state index contributed by atoms with van der Waals surface area (Å²) in [6, 6.07) is 4.10. The molecule has 0 fully saturated rings. The van der Waals surface area contributed by atoms with Crippen LogP contribution in [-0.4, -0.2) is 26.5 Å². The van der Waals surface area contributed by atoms with Gasteiger partial charge in [0.2, 0.25) is 5.91 Å². The maximum absolute atomic E-state index is 11.5. The minimum Gasteiger partial charge on any atom is -0.349 e. The van der Waals surface area contributed by atoms with Crippen molar-refractivity contribution in [1.82, 2.24) is 25.9 Å². The first-order chi connectivity index (χ1) is 8.74. The summed E-state index contributed by atoms with van der Waals surface area (Å²) < 4.78 is 1.12. The highest BCUT2D eigenvalue weighted by atomic mass is 79.9. The van der Waals surface area contributed by atoms with Gasteiger partial charge >= 0.3 is 0 Å². The van der Waals surface area contributed by atoms with Gasteiger partial charge in [-0.1, -0.05) is 5.21 Å². The van der Waals surface area contributed by atoms with Gasteiger partial charge in [-0.2, -0.15) is 5.21 Å². The van der Waals surface area contributed by atoms with E-state index in [1.165, 1.54) is 4.88 Å². The first kappa shape index (κ1) is 13.2. The summed E-state index contributed by atoms with van der Waals surface area (Å²) in [6.07, 6.45) is 2.27. The second kappa shape index (κ2) is 6.60. The maximum Gasteiger partial charge on any atom is 0.220 e. The standard InChI is InChI=1S/C10H12BrN5OS/c11-8-5-4-7(18-8)2-1-3-10(17)12-6-9-13-15-16-14-9/h4-5H,1-3,6H2,(H,12,17)(H,13,14,15,16). The summed E-state index contributed by atoms with van der Waals surface area (Å²) in [5.74, 6) is 0.501. The first-order valence-corrected chi connectivity index (χ1v) is 7.08. The Morgan fingerprint density at radius 1 is 1.50 bits per heavy atom. The van der Waals surface area contributed by atoms with Crippen molar-refractivity contribution in [1.29, 1.82) is 0 Å². The summed E-state index contributed by atoms with van der Waals surface area (Å²) in [4.78, 5) is 12.8. The normalized spacial score (nSPS) is 10.5. The third-order valence-corrected chi connectivity index (χ3v) is 3.97. The topological polar surface area (TPSA) is 83.6 Å². The van der Waals surface area contributed by atoms with Crippen molar-refractivity contribution in [3.63, 3.8) is 0 Å². The molecule has 0 bridgehead atoms. The van der Waals surface area contributed by atoms with Crippen molar-refractivity contribution in [3.05, 3.63) is 26.6 Å². The van der Waals surface area contributed by atoms with E-state index < -0.39 is 0 Å². The molecule has 0 aromatic carbocycles. The molecule has 0 unspecified atom stereocenters. The Hall–Kier alpha value is -1.28. The number of amides is 1. The molecule has 0 aliphatic rings. The second-order valence-electron chi connectivity index (χ2n) is 3.66. The Balaban J connectivity index is 1.63. The van der Waals surface area contributed by atoms with Gasteiger partial charge in [-0.25, -0.2) is 0 Å².